The van der Waals surface area contributed by atoms with Crippen LogP contribution in [0.5, 0.6) is 0 Å². The predicted octanol–water partition coefficient (Wildman–Crippen LogP) is 4.96. The van der Waals surface area contributed by atoms with Gasteiger partial charge in [0, 0.05) is 18.2 Å². The fraction of sp³-hybridized carbons (Fsp3) is 0.452. The first-order chi connectivity index (χ1) is 18.0. The van der Waals surface area contributed by atoms with Gasteiger partial charge >= 0.3 is 6.09 Å². The van der Waals surface area contributed by atoms with Crippen molar-refractivity contribution in [2.75, 3.05) is 0 Å². The lowest BCUT2D eigenvalue weighted by Crippen LogP contribution is -2.54. The van der Waals surface area contributed by atoms with Gasteiger partial charge in [-0.15, -0.1) is 6.42 Å². The molecule has 202 valence electrons. The minimum atomic E-state index is -0.943. The number of terminal acetylenes is 1. The van der Waals surface area contributed by atoms with Crippen LogP contribution in [-0.2, 0) is 20.9 Å². The van der Waals surface area contributed by atoms with E-state index in [1.165, 1.54) is 0 Å². The largest absolute Gasteiger partial charge is 0.444 e. The lowest BCUT2D eigenvalue weighted by atomic mass is 9.96. The predicted molar refractivity (Wildman–Crippen MR) is 148 cm³/mol. The second-order valence-corrected chi connectivity index (χ2v) is 11.1. The number of nitrogens with one attached hydrogen (secondary N) is 2. The molecular weight excluding hydrogens is 478 g/mol. The number of amides is 3. The van der Waals surface area contributed by atoms with Crippen LogP contribution in [0, 0.1) is 18.3 Å². The molecule has 1 saturated carbocycles. The number of benzene rings is 2. The first-order valence-electron chi connectivity index (χ1n) is 13.2. The molecule has 0 spiro atoms. The minimum Gasteiger partial charge on any atom is -0.444 e. The number of nitrogens with zero attached hydrogens (tertiary/aromatic N) is 1. The molecule has 0 bridgehead atoms. The van der Waals surface area contributed by atoms with E-state index in [1.807, 2.05) is 56.3 Å². The summed E-state index contributed by atoms with van der Waals surface area (Å²) in [7, 11) is 0. The van der Waals surface area contributed by atoms with Crippen molar-refractivity contribution in [1.82, 2.24) is 15.5 Å². The van der Waals surface area contributed by atoms with Crippen molar-refractivity contribution in [2.45, 2.75) is 84.2 Å². The summed E-state index contributed by atoms with van der Waals surface area (Å²) in [4.78, 5) is 42.3. The van der Waals surface area contributed by atoms with Gasteiger partial charge in [0.2, 0.25) is 11.8 Å². The van der Waals surface area contributed by atoms with Crippen LogP contribution in [0.25, 0.3) is 0 Å². The van der Waals surface area contributed by atoms with Gasteiger partial charge in [0.05, 0.1) is 0 Å². The van der Waals surface area contributed by atoms with Gasteiger partial charge in [-0.1, -0.05) is 68.3 Å². The third-order valence-corrected chi connectivity index (χ3v) is 6.14. The molecule has 2 aromatic rings. The van der Waals surface area contributed by atoms with Gasteiger partial charge in [-0.2, -0.15) is 0 Å². The highest BCUT2D eigenvalue weighted by atomic mass is 16.6. The zero-order valence-electron chi connectivity index (χ0n) is 23.0. The molecule has 38 heavy (non-hydrogen) atoms. The number of carbonyl (C=O) groups excluding carboxylic acids is 3. The quantitative estimate of drug-likeness (QED) is 0.436. The van der Waals surface area contributed by atoms with Gasteiger partial charge < -0.3 is 20.3 Å². The van der Waals surface area contributed by atoms with Crippen molar-refractivity contribution in [2.24, 2.45) is 5.92 Å². The van der Waals surface area contributed by atoms with E-state index in [1.54, 1.807) is 37.8 Å². The Morgan fingerprint density at radius 1 is 1.05 bits per heavy atom. The Kier molecular flexibility index (Phi) is 9.57. The van der Waals surface area contributed by atoms with E-state index in [-0.39, 0.29) is 23.8 Å². The maximum Gasteiger partial charge on any atom is 0.408 e. The molecule has 0 aliphatic heterocycles. The first kappa shape index (κ1) is 28.8. The van der Waals surface area contributed by atoms with Crippen LogP contribution in [0.4, 0.5) is 4.79 Å². The number of hydrogen-bond acceptors (Lipinski definition) is 4. The lowest BCUT2D eigenvalue weighted by molar-refractivity contribution is -0.143. The molecule has 2 atom stereocenters. The van der Waals surface area contributed by atoms with Crippen molar-refractivity contribution in [3.05, 3.63) is 71.3 Å². The van der Waals surface area contributed by atoms with Gasteiger partial charge in [-0.3, -0.25) is 9.59 Å². The highest BCUT2D eigenvalue weighted by Gasteiger charge is 2.44. The molecule has 0 saturated heterocycles. The van der Waals surface area contributed by atoms with E-state index in [9.17, 15) is 14.4 Å². The molecule has 1 aliphatic carbocycles. The summed E-state index contributed by atoms with van der Waals surface area (Å²) in [6.45, 7) is 9.59. The van der Waals surface area contributed by atoms with E-state index in [4.69, 9.17) is 11.2 Å². The van der Waals surface area contributed by atoms with Crippen LogP contribution < -0.4 is 10.6 Å². The first-order valence-corrected chi connectivity index (χ1v) is 13.2. The third-order valence-electron chi connectivity index (χ3n) is 6.14. The van der Waals surface area contributed by atoms with E-state index in [0.717, 1.165) is 18.4 Å². The zero-order chi connectivity index (χ0) is 27.9. The van der Waals surface area contributed by atoms with Gasteiger partial charge in [0.15, 0.2) is 0 Å². The molecule has 0 aromatic heterocycles. The number of alkyl carbamates (subject to hydrolysis) is 1. The fourth-order valence-corrected chi connectivity index (χ4v) is 4.36. The Labute approximate surface area is 226 Å². The summed E-state index contributed by atoms with van der Waals surface area (Å²) in [5.74, 6) is 2.14. The second kappa shape index (κ2) is 12.6. The average Bonchev–Trinajstić information content (AvgIpc) is 3.69. The Bertz CT molecular complexity index is 1160. The van der Waals surface area contributed by atoms with Crippen molar-refractivity contribution in [1.29, 1.82) is 0 Å². The average molecular weight is 518 g/mol. The monoisotopic (exact) mass is 517 g/mol. The Morgan fingerprint density at radius 3 is 2.26 bits per heavy atom. The summed E-state index contributed by atoms with van der Waals surface area (Å²) in [6, 6.07) is 14.9. The van der Waals surface area contributed by atoms with E-state index in [2.05, 4.69) is 16.6 Å². The van der Waals surface area contributed by atoms with Gasteiger partial charge in [0.25, 0.3) is 0 Å². The molecule has 1 fully saturated rings. The van der Waals surface area contributed by atoms with Gasteiger partial charge in [0.1, 0.15) is 17.7 Å². The number of rotatable bonds is 10. The van der Waals surface area contributed by atoms with Crippen LogP contribution in [0.1, 0.15) is 76.6 Å². The van der Waals surface area contributed by atoms with Crippen LogP contribution in [0.3, 0.4) is 0 Å². The normalized spacial score (nSPS) is 14.7. The highest BCUT2D eigenvalue weighted by Crippen LogP contribution is 2.37. The molecule has 0 heterocycles. The molecule has 1 aliphatic rings. The Balaban J connectivity index is 1.98. The topological polar surface area (TPSA) is 87.7 Å². The van der Waals surface area contributed by atoms with Gasteiger partial charge in [-0.25, -0.2) is 4.79 Å². The standard InChI is InChI=1S/C31H39N3O4/c1-7-23-15-11-12-16-25(23)27(28(35)32-20-22-13-9-8-10-14-22)34(24-17-18-24)29(36)26(19-21(2)3)33-30(37)38-31(4,5)6/h1,8-16,21,24,26-27H,17-20H2,2-6H3,(H,32,35)(H,33,37). The summed E-state index contributed by atoms with van der Waals surface area (Å²) >= 11 is 0. The Hall–Kier alpha value is -3.79. The summed E-state index contributed by atoms with van der Waals surface area (Å²) in [5, 5.41) is 5.78. The maximum absolute atomic E-state index is 14.2. The molecule has 2 N–H and O–H groups in total. The van der Waals surface area contributed by atoms with E-state index in [0.29, 0.717) is 24.1 Å². The summed E-state index contributed by atoms with van der Waals surface area (Å²) < 4.78 is 5.45. The number of carbonyl (C=O) groups is 3. The third kappa shape index (κ3) is 8.11. The zero-order valence-corrected chi connectivity index (χ0v) is 23.0. The molecule has 2 unspecified atom stereocenters. The molecule has 3 rings (SSSR count). The van der Waals surface area contributed by atoms with Crippen molar-refractivity contribution < 1.29 is 19.1 Å². The van der Waals surface area contributed by atoms with Crippen LogP contribution in [0.2, 0.25) is 0 Å². The molecule has 3 amide bonds. The van der Waals surface area contributed by atoms with Crippen LogP contribution >= 0.6 is 0 Å². The fourth-order valence-electron chi connectivity index (χ4n) is 4.36. The number of ether oxygens (including phenoxy) is 1. The van der Waals surface area contributed by atoms with E-state index >= 15 is 0 Å². The smallest absolute Gasteiger partial charge is 0.408 e. The Morgan fingerprint density at radius 2 is 1.68 bits per heavy atom. The summed E-state index contributed by atoms with van der Waals surface area (Å²) in [5.41, 5.74) is 1.36. The van der Waals surface area contributed by atoms with Crippen molar-refractivity contribution in [3.63, 3.8) is 0 Å². The minimum absolute atomic E-state index is 0.114. The van der Waals surface area contributed by atoms with Crippen LogP contribution in [0.15, 0.2) is 54.6 Å². The van der Waals surface area contributed by atoms with Gasteiger partial charge in [-0.05, 0) is 63.1 Å². The van der Waals surface area contributed by atoms with Crippen LogP contribution in [-0.4, -0.2) is 40.5 Å². The highest BCUT2D eigenvalue weighted by molar-refractivity contribution is 5.93. The molecular formula is C31H39N3O4. The van der Waals surface area contributed by atoms with Crippen molar-refractivity contribution >= 4 is 17.9 Å². The SMILES string of the molecule is C#Cc1ccccc1C(C(=O)NCc1ccccc1)N(C(=O)C(CC(C)C)NC(=O)OC(C)(C)C)C1CC1. The van der Waals surface area contributed by atoms with Crippen molar-refractivity contribution in [3.8, 4) is 12.3 Å². The maximum atomic E-state index is 14.2. The molecule has 7 heteroatoms. The summed E-state index contributed by atoms with van der Waals surface area (Å²) in [6.07, 6.45) is 7.09. The molecule has 0 radical (unpaired) electrons. The second-order valence-electron chi connectivity index (χ2n) is 11.1. The molecule has 7 nitrogen and oxygen atoms in total. The van der Waals surface area contributed by atoms with E-state index < -0.39 is 23.8 Å². The molecule has 2 aromatic carbocycles. The number of hydrogen-bond donors (Lipinski definition) is 2. The lowest BCUT2D eigenvalue weighted by Gasteiger charge is -2.35.